The second-order valence-electron chi connectivity index (χ2n) is 9.70. The van der Waals surface area contributed by atoms with Gasteiger partial charge in [0.15, 0.2) is 5.11 Å². The van der Waals surface area contributed by atoms with Crippen LogP contribution in [-0.4, -0.2) is 76.6 Å². The first kappa shape index (κ1) is 23.7. The van der Waals surface area contributed by atoms with Crippen LogP contribution in [0.25, 0.3) is 0 Å². The van der Waals surface area contributed by atoms with E-state index in [4.69, 9.17) is 26.7 Å². The number of pyridine rings is 1. The van der Waals surface area contributed by atoms with Crippen LogP contribution in [0, 0.1) is 13.8 Å². The largest absolute Gasteiger partial charge is 0.379 e. The molecule has 3 aliphatic heterocycles. The first-order valence-corrected chi connectivity index (χ1v) is 13.1. The molecule has 34 heavy (non-hydrogen) atoms. The summed E-state index contributed by atoms with van der Waals surface area (Å²) in [4.78, 5) is 9.56. The van der Waals surface area contributed by atoms with Gasteiger partial charge >= 0.3 is 0 Å². The molecule has 5 rings (SSSR count). The Bertz CT molecular complexity index is 969. The van der Waals surface area contributed by atoms with Crippen molar-refractivity contribution in [1.29, 1.82) is 0 Å². The highest BCUT2D eigenvalue weighted by molar-refractivity contribution is 7.80. The Kier molecular flexibility index (Phi) is 7.49. The molecule has 3 saturated heterocycles. The molecule has 2 aromatic rings. The number of nitrogens with one attached hydrogen (secondary N) is 1. The van der Waals surface area contributed by atoms with E-state index in [0.717, 1.165) is 82.6 Å². The normalized spacial score (nSPS) is 25.8. The van der Waals surface area contributed by atoms with E-state index in [1.165, 1.54) is 17.0 Å². The van der Waals surface area contributed by atoms with Crippen LogP contribution in [0.1, 0.15) is 54.0 Å². The van der Waals surface area contributed by atoms with E-state index in [1.807, 2.05) is 12.3 Å². The summed E-state index contributed by atoms with van der Waals surface area (Å²) < 4.78 is 14.0. The monoisotopic (exact) mass is 483 g/mol. The van der Waals surface area contributed by atoms with Crippen LogP contribution in [-0.2, 0) is 16.0 Å². The molecule has 8 heteroatoms. The number of aryl methyl sites for hydroxylation is 1. The molecule has 3 fully saturated rings. The van der Waals surface area contributed by atoms with Crippen LogP contribution in [0.5, 0.6) is 0 Å². The number of ether oxygens (including phenoxy) is 2. The van der Waals surface area contributed by atoms with Crippen molar-refractivity contribution in [3.05, 3.63) is 53.1 Å². The van der Waals surface area contributed by atoms with E-state index in [-0.39, 0.29) is 18.2 Å². The van der Waals surface area contributed by atoms with Gasteiger partial charge in [0.2, 0.25) is 0 Å². The average molecular weight is 484 g/mol. The molecule has 0 aliphatic carbocycles. The fourth-order valence-corrected chi connectivity index (χ4v) is 6.01. The fourth-order valence-electron chi connectivity index (χ4n) is 5.70. The number of hydrogen-bond acceptors (Lipinski definition) is 5. The summed E-state index contributed by atoms with van der Waals surface area (Å²) in [6.07, 6.45) is 5.47. The van der Waals surface area contributed by atoms with E-state index in [9.17, 15) is 0 Å². The van der Waals surface area contributed by atoms with Crippen molar-refractivity contribution in [1.82, 2.24) is 24.7 Å². The smallest absolute Gasteiger partial charge is 0.170 e. The quantitative estimate of drug-likeness (QED) is 0.578. The van der Waals surface area contributed by atoms with Crippen molar-refractivity contribution in [2.24, 2.45) is 0 Å². The molecule has 1 N–H and O–H groups in total. The second-order valence-corrected chi connectivity index (χ2v) is 10.1. The number of hydrogen-bond donors (Lipinski definition) is 1. The van der Waals surface area contributed by atoms with E-state index in [2.05, 4.69) is 51.7 Å². The molecule has 0 unspecified atom stereocenters. The van der Waals surface area contributed by atoms with Gasteiger partial charge in [-0.1, -0.05) is 6.07 Å². The van der Waals surface area contributed by atoms with Gasteiger partial charge in [-0.05, 0) is 69.1 Å². The Hall–Kier alpha value is -2.00. The molecule has 0 spiro atoms. The molecule has 3 atom stereocenters. The number of morpholine rings is 1. The number of rotatable bonds is 8. The highest BCUT2D eigenvalue weighted by Crippen LogP contribution is 2.41. The lowest BCUT2D eigenvalue weighted by Gasteiger charge is -2.30. The van der Waals surface area contributed by atoms with Gasteiger partial charge in [-0.3, -0.25) is 9.88 Å². The lowest BCUT2D eigenvalue weighted by Crippen LogP contribution is -2.37. The highest BCUT2D eigenvalue weighted by atomic mass is 32.1. The highest BCUT2D eigenvalue weighted by Gasteiger charge is 2.42. The standard InChI is InChI=1S/C26H37N5O2S/c1-19-17-22(20(2)30(19)11-6-10-29-12-15-32-16-13-29)25-24(23-8-3-4-9-27-23)28-26(34)31(25)18-21-7-5-14-33-21/h3-4,8-9,17,21,24-25H,5-7,10-16,18H2,1-2H3,(H,28,34)/t21-,24+,25-/m0/s1. The van der Waals surface area contributed by atoms with Crippen LogP contribution in [0.15, 0.2) is 30.5 Å². The molecule has 0 aromatic carbocycles. The Morgan fingerprint density at radius 2 is 2.00 bits per heavy atom. The summed E-state index contributed by atoms with van der Waals surface area (Å²) in [7, 11) is 0. The number of thiocarbonyl (C=S) groups is 1. The molecule has 0 amide bonds. The predicted octanol–water partition coefficient (Wildman–Crippen LogP) is 3.37. The molecule has 0 saturated carbocycles. The van der Waals surface area contributed by atoms with Crippen LogP contribution in [0.2, 0.25) is 0 Å². The van der Waals surface area contributed by atoms with Crippen molar-refractivity contribution in [2.45, 2.75) is 57.8 Å². The van der Waals surface area contributed by atoms with Crippen molar-refractivity contribution < 1.29 is 9.47 Å². The third kappa shape index (κ3) is 5.00. The maximum atomic E-state index is 5.99. The Morgan fingerprint density at radius 1 is 1.15 bits per heavy atom. The Balaban J connectivity index is 1.39. The van der Waals surface area contributed by atoms with Crippen LogP contribution in [0.3, 0.4) is 0 Å². The summed E-state index contributed by atoms with van der Waals surface area (Å²) in [5, 5.41) is 4.40. The van der Waals surface area contributed by atoms with Gasteiger partial charge in [0.05, 0.1) is 37.1 Å². The van der Waals surface area contributed by atoms with Gasteiger partial charge in [-0.15, -0.1) is 0 Å². The number of nitrogens with zero attached hydrogens (tertiary/aromatic N) is 4. The third-order valence-corrected chi connectivity index (χ3v) is 7.87. The maximum Gasteiger partial charge on any atom is 0.170 e. The lowest BCUT2D eigenvalue weighted by molar-refractivity contribution is 0.0369. The lowest BCUT2D eigenvalue weighted by atomic mass is 9.96. The van der Waals surface area contributed by atoms with E-state index >= 15 is 0 Å². The molecule has 5 heterocycles. The van der Waals surface area contributed by atoms with Crippen molar-refractivity contribution in [3.63, 3.8) is 0 Å². The van der Waals surface area contributed by atoms with Gasteiger partial charge in [0.1, 0.15) is 0 Å². The van der Waals surface area contributed by atoms with Gasteiger partial charge in [0, 0.05) is 56.9 Å². The van der Waals surface area contributed by atoms with E-state index in [1.54, 1.807) is 0 Å². The van der Waals surface area contributed by atoms with Crippen molar-refractivity contribution in [2.75, 3.05) is 46.0 Å². The molecule has 0 radical (unpaired) electrons. The zero-order valence-electron chi connectivity index (χ0n) is 20.4. The van der Waals surface area contributed by atoms with Gasteiger partial charge in [-0.25, -0.2) is 0 Å². The molecule has 3 aliphatic rings. The van der Waals surface area contributed by atoms with Crippen molar-refractivity contribution >= 4 is 17.3 Å². The molecule has 7 nitrogen and oxygen atoms in total. The average Bonchev–Trinajstić information content (AvgIpc) is 3.56. The summed E-state index contributed by atoms with van der Waals surface area (Å²) >= 11 is 5.86. The minimum atomic E-state index is 0.0254. The van der Waals surface area contributed by atoms with Crippen molar-refractivity contribution in [3.8, 4) is 0 Å². The second kappa shape index (κ2) is 10.7. The SMILES string of the molecule is Cc1cc([C@H]2[C@@H](c3ccccn3)NC(=S)N2C[C@@H]2CCCO2)c(C)n1CCCN1CCOCC1. The van der Waals surface area contributed by atoms with Crippen LogP contribution in [0.4, 0.5) is 0 Å². The molecular formula is C26H37N5O2S. The fraction of sp³-hybridized carbons (Fsp3) is 0.615. The van der Waals surface area contributed by atoms with E-state index < -0.39 is 0 Å². The summed E-state index contributed by atoms with van der Waals surface area (Å²) in [6, 6.07) is 8.62. The van der Waals surface area contributed by atoms with E-state index in [0.29, 0.717) is 0 Å². The third-order valence-electron chi connectivity index (χ3n) is 7.51. The number of aromatic nitrogens is 2. The zero-order chi connectivity index (χ0) is 23.5. The van der Waals surface area contributed by atoms with Gasteiger partial charge in [-0.2, -0.15) is 0 Å². The summed E-state index contributed by atoms with van der Waals surface area (Å²) in [6.45, 7) is 12.1. The maximum absolute atomic E-state index is 5.99. The first-order valence-electron chi connectivity index (χ1n) is 12.7. The van der Waals surface area contributed by atoms with Crippen LogP contribution < -0.4 is 5.32 Å². The minimum absolute atomic E-state index is 0.0254. The summed E-state index contributed by atoms with van der Waals surface area (Å²) in [5.41, 5.74) is 5.00. The molecule has 2 aromatic heterocycles. The summed E-state index contributed by atoms with van der Waals surface area (Å²) in [5.74, 6) is 0. The molecule has 0 bridgehead atoms. The molecule has 184 valence electrons. The van der Waals surface area contributed by atoms with Crippen LogP contribution >= 0.6 is 12.2 Å². The predicted molar refractivity (Wildman–Crippen MR) is 137 cm³/mol. The van der Waals surface area contributed by atoms with Gasteiger partial charge in [0.25, 0.3) is 0 Å². The first-order chi connectivity index (χ1) is 16.6. The Morgan fingerprint density at radius 3 is 2.74 bits per heavy atom. The molecular weight excluding hydrogens is 446 g/mol. The Labute approximate surface area is 208 Å². The van der Waals surface area contributed by atoms with Gasteiger partial charge < -0.3 is 24.3 Å². The topological polar surface area (TPSA) is 54.8 Å². The zero-order valence-corrected chi connectivity index (χ0v) is 21.2. The minimum Gasteiger partial charge on any atom is -0.379 e.